The van der Waals surface area contributed by atoms with Crippen molar-refractivity contribution in [2.75, 3.05) is 5.43 Å². The molecule has 2 aromatic carbocycles. The maximum absolute atomic E-state index is 14.0. The summed E-state index contributed by atoms with van der Waals surface area (Å²) < 4.78 is 14.0. The van der Waals surface area contributed by atoms with Crippen LogP contribution in [0.1, 0.15) is 26.4 Å². The molecule has 0 unspecified atom stereocenters. The number of pyridine rings is 1. The fourth-order valence-corrected chi connectivity index (χ4v) is 3.45. The van der Waals surface area contributed by atoms with Crippen molar-refractivity contribution in [2.45, 2.75) is 6.92 Å². The van der Waals surface area contributed by atoms with Gasteiger partial charge in [-0.3, -0.25) is 25.4 Å². The molecule has 176 valence electrons. The first-order valence-corrected chi connectivity index (χ1v) is 10.3. The van der Waals surface area contributed by atoms with Gasteiger partial charge in [0.15, 0.2) is 5.69 Å². The number of benzene rings is 2. The third-order valence-electron chi connectivity index (χ3n) is 4.92. The lowest BCUT2D eigenvalue weighted by atomic mass is 9.97. The molecule has 35 heavy (non-hydrogen) atoms. The van der Waals surface area contributed by atoms with Crippen LogP contribution in [0.4, 0.5) is 9.18 Å². The summed E-state index contributed by atoms with van der Waals surface area (Å²) >= 11 is 0. The van der Waals surface area contributed by atoms with Gasteiger partial charge in [-0.15, -0.1) is 0 Å². The number of aryl methyl sites for hydroxylation is 1. The van der Waals surface area contributed by atoms with E-state index in [9.17, 15) is 23.9 Å². The lowest BCUT2D eigenvalue weighted by Crippen LogP contribution is -2.43. The molecular weight excluding hydrogens is 455 g/mol. The van der Waals surface area contributed by atoms with Gasteiger partial charge < -0.3 is 5.11 Å². The lowest BCUT2D eigenvalue weighted by molar-refractivity contribution is 0.0841. The minimum atomic E-state index is -1.48. The summed E-state index contributed by atoms with van der Waals surface area (Å²) in [6.07, 6.45) is 1.33. The van der Waals surface area contributed by atoms with Gasteiger partial charge in [0.25, 0.3) is 11.8 Å². The molecule has 10 nitrogen and oxygen atoms in total. The molecular formula is C24H19FN6O4. The van der Waals surface area contributed by atoms with E-state index in [1.165, 1.54) is 36.7 Å². The van der Waals surface area contributed by atoms with Crippen LogP contribution in [0.2, 0.25) is 0 Å². The molecule has 2 heterocycles. The third kappa shape index (κ3) is 5.14. The number of nitrogens with one attached hydrogen (secondary N) is 3. The molecule has 0 aliphatic carbocycles. The van der Waals surface area contributed by atoms with E-state index in [0.29, 0.717) is 11.1 Å². The van der Waals surface area contributed by atoms with Crippen molar-refractivity contribution in [2.24, 2.45) is 0 Å². The summed E-state index contributed by atoms with van der Waals surface area (Å²) in [5.74, 6) is -2.03. The summed E-state index contributed by atoms with van der Waals surface area (Å²) in [4.78, 5) is 41.7. The van der Waals surface area contributed by atoms with Crippen molar-refractivity contribution < 1.29 is 23.9 Å². The Hall–Kier alpha value is -5.06. The van der Waals surface area contributed by atoms with Gasteiger partial charge in [-0.25, -0.2) is 14.6 Å². The van der Waals surface area contributed by atoms with E-state index >= 15 is 0 Å². The van der Waals surface area contributed by atoms with Crippen LogP contribution < -0.4 is 16.3 Å². The highest BCUT2D eigenvalue weighted by Gasteiger charge is 2.27. The van der Waals surface area contributed by atoms with Crippen LogP contribution in [0.25, 0.3) is 22.4 Å². The zero-order valence-corrected chi connectivity index (χ0v) is 18.3. The molecule has 0 saturated heterocycles. The summed E-state index contributed by atoms with van der Waals surface area (Å²) in [7, 11) is 0. The van der Waals surface area contributed by atoms with Crippen molar-refractivity contribution in [1.82, 2.24) is 25.7 Å². The largest absolute Gasteiger partial charge is 0.464 e. The quantitative estimate of drug-likeness (QED) is 0.327. The Bertz CT molecular complexity index is 1420. The first-order valence-electron chi connectivity index (χ1n) is 10.3. The van der Waals surface area contributed by atoms with Crippen LogP contribution >= 0.6 is 0 Å². The number of carboxylic acid groups (broad SMARTS) is 1. The first kappa shape index (κ1) is 23.1. The van der Waals surface area contributed by atoms with E-state index in [-0.39, 0.29) is 22.5 Å². The number of hydrazine groups is 1. The number of hydrogen-bond donors (Lipinski definition) is 4. The summed E-state index contributed by atoms with van der Waals surface area (Å²) in [5.41, 5.74) is 8.69. The highest BCUT2D eigenvalue weighted by atomic mass is 19.1. The van der Waals surface area contributed by atoms with Crippen LogP contribution in [-0.4, -0.2) is 37.9 Å². The van der Waals surface area contributed by atoms with E-state index in [0.717, 1.165) is 10.4 Å². The van der Waals surface area contributed by atoms with Crippen molar-refractivity contribution in [3.8, 4) is 22.4 Å². The predicted octanol–water partition coefficient (Wildman–Crippen LogP) is 3.36. The highest BCUT2D eigenvalue weighted by molar-refractivity contribution is 6.05. The monoisotopic (exact) mass is 474 g/mol. The van der Waals surface area contributed by atoms with Crippen molar-refractivity contribution in [1.29, 1.82) is 0 Å². The number of carbonyl (C=O) groups excluding carboxylic acids is 2. The van der Waals surface area contributed by atoms with Gasteiger partial charge in [0.1, 0.15) is 11.5 Å². The maximum Gasteiger partial charge on any atom is 0.425 e. The minimum Gasteiger partial charge on any atom is -0.464 e. The number of amides is 3. The fourth-order valence-electron chi connectivity index (χ4n) is 3.45. The third-order valence-corrected chi connectivity index (χ3v) is 4.92. The SMILES string of the molecule is Cc1cccc(-c2c(-c3cccc(F)c3)nn(NC(=O)O)c2C(=O)NNC(=O)c2cccnc2)c1. The van der Waals surface area contributed by atoms with Crippen LogP contribution in [0, 0.1) is 12.7 Å². The summed E-state index contributed by atoms with van der Waals surface area (Å²) in [6.45, 7) is 1.85. The number of nitrogens with zero attached hydrogens (tertiary/aromatic N) is 3. The molecule has 0 fully saturated rings. The summed E-state index contributed by atoms with van der Waals surface area (Å²) in [6, 6.07) is 15.7. The maximum atomic E-state index is 14.0. The number of halogens is 1. The van der Waals surface area contributed by atoms with Gasteiger partial charge >= 0.3 is 6.09 Å². The molecule has 0 radical (unpaired) electrons. The number of rotatable bonds is 5. The van der Waals surface area contributed by atoms with Crippen molar-refractivity contribution >= 4 is 17.9 Å². The topological polar surface area (TPSA) is 138 Å². The van der Waals surface area contributed by atoms with Gasteiger partial charge in [0.05, 0.1) is 5.56 Å². The number of hydrogen-bond acceptors (Lipinski definition) is 5. The smallest absolute Gasteiger partial charge is 0.425 e. The molecule has 2 aromatic heterocycles. The molecule has 0 saturated carbocycles. The zero-order valence-electron chi connectivity index (χ0n) is 18.3. The van der Waals surface area contributed by atoms with Crippen molar-refractivity contribution in [3.05, 3.63) is 95.7 Å². The lowest BCUT2D eigenvalue weighted by Gasteiger charge is -2.11. The van der Waals surface area contributed by atoms with Crippen LogP contribution in [0.5, 0.6) is 0 Å². The van der Waals surface area contributed by atoms with Gasteiger partial charge in [0.2, 0.25) is 0 Å². The average molecular weight is 474 g/mol. The average Bonchev–Trinajstić information content (AvgIpc) is 3.21. The Balaban J connectivity index is 1.82. The van der Waals surface area contributed by atoms with Gasteiger partial charge in [-0.1, -0.05) is 42.0 Å². The second-order valence-electron chi connectivity index (χ2n) is 7.43. The molecule has 0 aliphatic heterocycles. The second-order valence-corrected chi connectivity index (χ2v) is 7.43. The molecule has 4 N–H and O–H groups in total. The van der Waals surface area contributed by atoms with Crippen molar-refractivity contribution in [3.63, 3.8) is 0 Å². The molecule has 11 heteroatoms. The Morgan fingerprint density at radius 3 is 2.37 bits per heavy atom. The number of aromatic nitrogens is 3. The highest BCUT2D eigenvalue weighted by Crippen LogP contribution is 2.35. The van der Waals surface area contributed by atoms with Gasteiger partial charge in [0, 0.05) is 23.5 Å². The Morgan fingerprint density at radius 2 is 1.69 bits per heavy atom. The second kappa shape index (κ2) is 9.83. The minimum absolute atomic E-state index is 0.160. The van der Waals surface area contributed by atoms with E-state index in [2.05, 4.69) is 20.9 Å². The van der Waals surface area contributed by atoms with Crippen LogP contribution in [-0.2, 0) is 0 Å². The van der Waals surface area contributed by atoms with E-state index < -0.39 is 23.7 Å². The van der Waals surface area contributed by atoms with Crippen LogP contribution in [0.15, 0.2) is 73.1 Å². The Labute approximate surface area is 198 Å². The van der Waals surface area contributed by atoms with Crippen LogP contribution in [0.3, 0.4) is 0 Å². The molecule has 0 atom stereocenters. The fraction of sp³-hybridized carbons (Fsp3) is 0.0417. The molecule has 0 spiro atoms. The van der Waals surface area contributed by atoms with E-state index in [1.807, 2.05) is 18.4 Å². The van der Waals surface area contributed by atoms with Gasteiger partial charge in [-0.2, -0.15) is 9.89 Å². The van der Waals surface area contributed by atoms with E-state index in [1.54, 1.807) is 30.3 Å². The molecule has 3 amide bonds. The number of carbonyl (C=O) groups is 3. The molecule has 0 bridgehead atoms. The zero-order chi connectivity index (χ0) is 24.9. The predicted molar refractivity (Wildman–Crippen MR) is 124 cm³/mol. The molecule has 4 rings (SSSR count). The first-order chi connectivity index (χ1) is 16.8. The summed E-state index contributed by atoms with van der Waals surface area (Å²) in [5, 5.41) is 13.6. The van der Waals surface area contributed by atoms with E-state index in [4.69, 9.17) is 0 Å². The normalized spacial score (nSPS) is 10.5. The Morgan fingerprint density at radius 1 is 0.943 bits per heavy atom. The van der Waals surface area contributed by atoms with Gasteiger partial charge in [-0.05, 0) is 36.8 Å². The standard InChI is InChI=1S/C24H19FN6O4/c1-14-5-2-6-15(11-14)19-20(16-7-3-9-18(25)12-16)29-31(30-24(34)35)21(19)23(33)28-27-22(32)17-8-4-10-26-13-17/h2-13,30H,1H3,(H,27,32)(H,28,33)(H,34,35). The molecule has 4 aromatic rings. The Kier molecular flexibility index (Phi) is 6.49. The molecule has 0 aliphatic rings.